The topological polar surface area (TPSA) is 49.4 Å². The van der Waals surface area contributed by atoms with Gasteiger partial charge >= 0.3 is 0 Å². The number of rotatable bonds is 4. The molecule has 1 aliphatic rings. The number of hydrogen-bond acceptors (Lipinski definition) is 3. The molecule has 3 aromatic rings. The molecule has 0 aliphatic carbocycles. The Balaban J connectivity index is 1.83. The van der Waals surface area contributed by atoms with Crippen molar-refractivity contribution >= 4 is 40.4 Å². The van der Waals surface area contributed by atoms with Gasteiger partial charge in [0.2, 0.25) is 0 Å². The van der Waals surface area contributed by atoms with Crippen molar-refractivity contribution in [2.75, 3.05) is 10.2 Å². The first-order chi connectivity index (χ1) is 14.3. The number of amides is 2. The zero-order valence-electron chi connectivity index (χ0n) is 16.4. The first-order valence-electron chi connectivity index (χ1n) is 9.34. The van der Waals surface area contributed by atoms with Crippen molar-refractivity contribution in [3.8, 4) is 0 Å². The average molecular weight is 421 g/mol. The Morgan fingerprint density at radius 3 is 2.13 bits per heavy atom. The summed E-state index contributed by atoms with van der Waals surface area (Å²) < 4.78 is 13.3. The van der Waals surface area contributed by atoms with Gasteiger partial charge < -0.3 is 5.32 Å². The lowest BCUT2D eigenvalue weighted by molar-refractivity contribution is -0.120. The minimum absolute atomic E-state index is 0.143. The smallest absolute Gasteiger partial charge is 0.282 e. The van der Waals surface area contributed by atoms with E-state index in [0.717, 1.165) is 16.0 Å². The van der Waals surface area contributed by atoms with Gasteiger partial charge in [-0.1, -0.05) is 29.8 Å². The van der Waals surface area contributed by atoms with Crippen LogP contribution in [-0.4, -0.2) is 11.8 Å². The van der Waals surface area contributed by atoms with Gasteiger partial charge in [-0.3, -0.25) is 9.59 Å². The molecule has 1 heterocycles. The number of aryl methyl sites for hydroxylation is 2. The molecule has 0 saturated carbocycles. The molecular weight excluding hydrogens is 403 g/mol. The fourth-order valence-electron chi connectivity index (χ4n) is 3.31. The highest BCUT2D eigenvalue weighted by atomic mass is 35.5. The Morgan fingerprint density at radius 1 is 0.833 bits per heavy atom. The zero-order chi connectivity index (χ0) is 21.4. The second kappa shape index (κ2) is 7.76. The molecule has 4 rings (SSSR count). The summed E-state index contributed by atoms with van der Waals surface area (Å²) in [6, 6.07) is 17.7. The van der Waals surface area contributed by atoms with E-state index in [2.05, 4.69) is 5.32 Å². The molecule has 0 atom stereocenters. The Labute approximate surface area is 178 Å². The number of hydrogen-bond donors (Lipinski definition) is 1. The molecule has 1 aliphatic heterocycles. The zero-order valence-corrected chi connectivity index (χ0v) is 17.1. The quantitative estimate of drug-likeness (QED) is 0.567. The SMILES string of the molecule is Cc1ccc(C2=C(Nc3ccc(F)cc3)C(=O)N(c3ccc(Cl)cc3)C2=O)cc1C. The maximum absolute atomic E-state index is 13.4. The van der Waals surface area contributed by atoms with Gasteiger partial charge in [0.05, 0.1) is 11.3 Å². The summed E-state index contributed by atoms with van der Waals surface area (Å²) in [4.78, 5) is 27.8. The summed E-state index contributed by atoms with van der Waals surface area (Å²) >= 11 is 5.95. The first-order valence-corrected chi connectivity index (χ1v) is 9.72. The van der Waals surface area contributed by atoms with Crippen LogP contribution in [0.4, 0.5) is 15.8 Å². The van der Waals surface area contributed by atoms with Gasteiger partial charge in [-0.05, 0) is 79.1 Å². The third-order valence-electron chi connectivity index (χ3n) is 5.08. The van der Waals surface area contributed by atoms with Crippen molar-refractivity contribution in [3.05, 3.63) is 100.0 Å². The third-order valence-corrected chi connectivity index (χ3v) is 5.33. The molecule has 0 bridgehead atoms. The van der Waals surface area contributed by atoms with Crippen molar-refractivity contribution in [1.82, 2.24) is 0 Å². The number of carbonyl (C=O) groups is 2. The fourth-order valence-corrected chi connectivity index (χ4v) is 3.44. The summed E-state index contributed by atoms with van der Waals surface area (Å²) in [5, 5.41) is 3.52. The van der Waals surface area contributed by atoms with Gasteiger partial charge in [0.15, 0.2) is 0 Å². The van der Waals surface area contributed by atoms with Crippen molar-refractivity contribution in [2.45, 2.75) is 13.8 Å². The minimum atomic E-state index is -0.486. The van der Waals surface area contributed by atoms with E-state index < -0.39 is 11.8 Å². The van der Waals surface area contributed by atoms with Gasteiger partial charge in [0.25, 0.3) is 11.8 Å². The predicted octanol–water partition coefficient (Wildman–Crippen LogP) is 5.49. The maximum atomic E-state index is 13.4. The van der Waals surface area contributed by atoms with E-state index in [1.807, 2.05) is 32.0 Å². The maximum Gasteiger partial charge on any atom is 0.282 e. The summed E-state index contributed by atoms with van der Waals surface area (Å²) in [6.45, 7) is 3.93. The standard InChI is InChI=1S/C24H18ClFN2O2/c1-14-3-4-16(13-15(14)2)21-22(27-19-9-7-18(26)8-10-19)24(30)28(23(21)29)20-11-5-17(25)6-12-20/h3-13,27H,1-2H3. The molecule has 0 spiro atoms. The van der Waals surface area contributed by atoms with E-state index in [1.165, 1.54) is 24.3 Å². The minimum Gasteiger partial charge on any atom is -0.350 e. The highest BCUT2D eigenvalue weighted by Gasteiger charge is 2.40. The highest BCUT2D eigenvalue weighted by Crippen LogP contribution is 2.34. The van der Waals surface area contributed by atoms with Crippen molar-refractivity contribution in [1.29, 1.82) is 0 Å². The van der Waals surface area contributed by atoms with Crippen molar-refractivity contribution < 1.29 is 14.0 Å². The lowest BCUT2D eigenvalue weighted by Gasteiger charge is -2.15. The molecule has 30 heavy (non-hydrogen) atoms. The van der Waals surface area contributed by atoms with Crippen LogP contribution in [-0.2, 0) is 9.59 Å². The average Bonchev–Trinajstić information content (AvgIpc) is 2.96. The van der Waals surface area contributed by atoms with Crippen LogP contribution < -0.4 is 10.2 Å². The van der Waals surface area contributed by atoms with Gasteiger partial charge in [-0.25, -0.2) is 9.29 Å². The van der Waals surface area contributed by atoms with Crippen LogP contribution in [0.3, 0.4) is 0 Å². The molecule has 0 aromatic heterocycles. The van der Waals surface area contributed by atoms with E-state index >= 15 is 0 Å². The molecule has 3 aromatic carbocycles. The second-order valence-corrected chi connectivity index (χ2v) is 7.54. The molecule has 0 fully saturated rings. The number of nitrogens with zero attached hydrogens (tertiary/aromatic N) is 1. The third kappa shape index (κ3) is 3.60. The summed E-state index contributed by atoms with van der Waals surface area (Å²) in [6.07, 6.45) is 0. The molecular formula is C24H18ClFN2O2. The van der Waals surface area contributed by atoms with Crippen LogP contribution in [0.5, 0.6) is 0 Å². The number of halogens is 2. The van der Waals surface area contributed by atoms with Gasteiger partial charge in [0.1, 0.15) is 11.5 Å². The van der Waals surface area contributed by atoms with Gasteiger partial charge in [-0.2, -0.15) is 0 Å². The highest BCUT2D eigenvalue weighted by molar-refractivity contribution is 6.46. The van der Waals surface area contributed by atoms with E-state index in [9.17, 15) is 14.0 Å². The van der Waals surface area contributed by atoms with Crippen LogP contribution in [0.2, 0.25) is 5.02 Å². The number of anilines is 2. The van der Waals surface area contributed by atoms with Crippen molar-refractivity contribution in [3.63, 3.8) is 0 Å². The van der Waals surface area contributed by atoms with Crippen molar-refractivity contribution in [2.24, 2.45) is 0 Å². The summed E-state index contributed by atoms with van der Waals surface area (Å²) in [5.41, 5.74) is 4.06. The number of nitrogens with one attached hydrogen (secondary N) is 1. The van der Waals surface area contributed by atoms with E-state index in [0.29, 0.717) is 22.0 Å². The van der Waals surface area contributed by atoms with Crippen LogP contribution in [0.1, 0.15) is 16.7 Å². The lowest BCUT2D eigenvalue weighted by Crippen LogP contribution is -2.32. The molecule has 6 heteroatoms. The molecule has 2 amide bonds. The molecule has 0 radical (unpaired) electrons. The predicted molar refractivity (Wildman–Crippen MR) is 117 cm³/mol. The molecule has 1 N–H and O–H groups in total. The molecule has 0 unspecified atom stereocenters. The Hall–Kier alpha value is -3.44. The number of benzene rings is 3. The van der Waals surface area contributed by atoms with Crippen LogP contribution in [0.25, 0.3) is 5.57 Å². The van der Waals surface area contributed by atoms with Gasteiger partial charge in [0, 0.05) is 10.7 Å². The Bertz CT molecular complexity index is 1180. The largest absolute Gasteiger partial charge is 0.350 e. The monoisotopic (exact) mass is 420 g/mol. The van der Waals surface area contributed by atoms with Crippen LogP contribution in [0.15, 0.2) is 72.4 Å². The fraction of sp³-hybridized carbons (Fsp3) is 0.0833. The van der Waals surface area contributed by atoms with Crippen LogP contribution >= 0.6 is 11.6 Å². The Morgan fingerprint density at radius 2 is 1.50 bits per heavy atom. The van der Waals surface area contributed by atoms with Crippen LogP contribution in [0, 0.1) is 19.7 Å². The van der Waals surface area contributed by atoms with E-state index in [1.54, 1.807) is 24.3 Å². The van der Waals surface area contributed by atoms with E-state index in [-0.39, 0.29) is 17.1 Å². The number of carbonyl (C=O) groups excluding carboxylic acids is 2. The van der Waals surface area contributed by atoms with Gasteiger partial charge in [-0.15, -0.1) is 0 Å². The number of imide groups is 1. The molecule has 4 nitrogen and oxygen atoms in total. The van der Waals surface area contributed by atoms with E-state index in [4.69, 9.17) is 11.6 Å². The molecule has 0 saturated heterocycles. The Kier molecular flexibility index (Phi) is 5.14. The summed E-state index contributed by atoms with van der Waals surface area (Å²) in [5.74, 6) is -1.31. The lowest BCUT2D eigenvalue weighted by atomic mass is 9.99. The summed E-state index contributed by atoms with van der Waals surface area (Å²) in [7, 11) is 0. The first kappa shape index (κ1) is 19.9. The normalized spacial score (nSPS) is 13.9. The molecule has 150 valence electrons. The second-order valence-electron chi connectivity index (χ2n) is 7.10.